The second-order valence-electron chi connectivity index (χ2n) is 6.36. The SMILES string of the molecule is Fc1ccc(-c2noc(C3CCCN(Cc4ccccn4)C3)n2)cc1. The van der Waals surface area contributed by atoms with Gasteiger partial charge in [0.2, 0.25) is 11.7 Å². The molecule has 4 rings (SSSR count). The van der Waals surface area contributed by atoms with E-state index in [0.29, 0.717) is 11.7 Å². The number of benzene rings is 1. The van der Waals surface area contributed by atoms with Gasteiger partial charge in [-0.25, -0.2) is 4.39 Å². The number of hydrogen-bond donors (Lipinski definition) is 0. The average molecular weight is 338 g/mol. The molecule has 1 unspecified atom stereocenters. The predicted molar refractivity (Wildman–Crippen MR) is 91.2 cm³/mol. The standard InChI is InChI=1S/C19H19FN4O/c20-16-8-6-14(7-9-16)18-22-19(25-23-18)15-4-3-11-24(12-15)13-17-5-1-2-10-21-17/h1-2,5-10,15H,3-4,11-13H2. The van der Waals surface area contributed by atoms with Gasteiger partial charge in [-0.05, 0) is 55.8 Å². The fraction of sp³-hybridized carbons (Fsp3) is 0.316. The number of likely N-dealkylation sites (tertiary alicyclic amines) is 1. The molecule has 0 radical (unpaired) electrons. The predicted octanol–water partition coefficient (Wildman–Crippen LogP) is 3.65. The molecular formula is C19H19FN4O. The molecule has 128 valence electrons. The van der Waals surface area contributed by atoms with Crippen LogP contribution in [0.2, 0.25) is 0 Å². The third-order valence-corrected chi connectivity index (χ3v) is 4.51. The minimum Gasteiger partial charge on any atom is -0.339 e. The summed E-state index contributed by atoms with van der Waals surface area (Å²) in [6.45, 7) is 2.75. The van der Waals surface area contributed by atoms with Crippen molar-refractivity contribution in [2.45, 2.75) is 25.3 Å². The maximum Gasteiger partial charge on any atom is 0.231 e. The van der Waals surface area contributed by atoms with Crippen molar-refractivity contribution < 1.29 is 8.91 Å². The van der Waals surface area contributed by atoms with Crippen molar-refractivity contribution in [3.63, 3.8) is 0 Å². The first-order valence-electron chi connectivity index (χ1n) is 8.50. The third-order valence-electron chi connectivity index (χ3n) is 4.51. The zero-order chi connectivity index (χ0) is 17.1. The molecule has 1 aromatic carbocycles. The monoisotopic (exact) mass is 338 g/mol. The lowest BCUT2D eigenvalue weighted by Gasteiger charge is -2.30. The Kier molecular flexibility index (Phi) is 4.52. The van der Waals surface area contributed by atoms with E-state index in [1.165, 1.54) is 12.1 Å². The van der Waals surface area contributed by atoms with E-state index in [1.54, 1.807) is 12.1 Å². The normalized spacial score (nSPS) is 18.4. The van der Waals surface area contributed by atoms with Gasteiger partial charge in [0.25, 0.3) is 0 Å². The smallest absolute Gasteiger partial charge is 0.231 e. The molecule has 1 aliphatic heterocycles. The van der Waals surface area contributed by atoms with Crippen molar-refractivity contribution in [1.82, 2.24) is 20.0 Å². The minimum absolute atomic E-state index is 0.221. The van der Waals surface area contributed by atoms with Crippen molar-refractivity contribution in [2.24, 2.45) is 0 Å². The molecule has 3 aromatic rings. The highest BCUT2D eigenvalue weighted by molar-refractivity contribution is 5.53. The number of aromatic nitrogens is 3. The maximum atomic E-state index is 13.0. The molecule has 0 aliphatic carbocycles. The molecule has 0 bridgehead atoms. The van der Waals surface area contributed by atoms with Crippen molar-refractivity contribution in [1.29, 1.82) is 0 Å². The van der Waals surface area contributed by atoms with Crippen molar-refractivity contribution in [2.75, 3.05) is 13.1 Å². The van der Waals surface area contributed by atoms with E-state index in [4.69, 9.17) is 4.52 Å². The van der Waals surface area contributed by atoms with Gasteiger partial charge in [0.05, 0.1) is 11.6 Å². The zero-order valence-electron chi connectivity index (χ0n) is 13.8. The number of halogens is 1. The molecule has 0 N–H and O–H groups in total. The topological polar surface area (TPSA) is 55.1 Å². The molecule has 0 amide bonds. The molecular weight excluding hydrogens is 319 g/mol. The van der Waals surface area contributed by atoms with E-state index < -0.39 is 0 Å². The van der Waals surface area contributed by atoms with Crippen LogP contribution in [0.25, 0.3) is 11.4 Å². The molecule has 2 aromatic heterocycles. The summed E-state index contributed by atoms with van der Waals surface area (Å²) in [5.41, 5.74) is 1.83. The first-order chi connectivity index (χ1) is 12.3. The summed E-state index contributed by atoms with van der Waals surface area (Å²) in [6.07, 6.45) is 3.94. The molecule has 1 saturated heterocycles. The number of rotatable bonds is 4. The quantitative estimate of drug-likeness (QED) is 0.727. The van der Waals surface area contributed by atoms with Gasteiger partial charge >= 0.3 is 0 Å². The summed E-state index contributed by atoms with van der Waals surface area (Å²) in [4.78, 5) is 11.3. The van der Waals surface area contributed by atoms with Crippen LogP contribution in [0.3, 0.4) is 0 Å². The third kappa shape index (κ3) is 3.74. The van der Waals surface area contributed by atoms with Crippen molar-refractivity contribution in [3.8, 4) is 11.4 Å². The van der Waals surface area contributed by atoms with Crippen LogP contribution in [0.5, 0.6) is 0 Å². The summed E-state index contributed by atoms with van der Waals surface area (Å²) in [5.74, 6) is 1.12. The first-order valence-corrected chi connectivity index (χ1v) is 8.50. The fourth-order valence-corrected chi connectivity index (χ4v) is 3.24. The first kappa shape index (κ1) is 15.9. The van der Waals surface area contributed by atoms with Gasteiger partial charge in [-0.15, -0.1) is 0 Å². The van der Waals surface area contributed by atoms with Gasteiger partial charge in [0.15, 0.2) is 0 Å². The van der Waals surface area contributed by atoms with E-state index in [-0.39, 0.29) is 11.7 Å². The molecule has 3 heterocycles. The molecule has 0 spiro atoms. The maximum absolute atomic E-state index is 13.0. The van der Waals surface area contributed by atoms with Gasteiger partial charge in [0.1, 0.15) is 5.82 Å². The zero-order valence-corrected chi connectivity index (χ0v) is 13.8. The Balaban J connectivity index is 1.45. The van der Waals surface area contributed by atoms with Gasteiger partial charge in [-0.1, -0.05) is 11.2 Å². The van der Waals surface area contributed by atoms with Crippen molar-refractivity contribution in [3.05, 3.63) is 66.1 Å². The summed E-state index contributed by atoms with van der Waals surface area (Å²) in [6, 6.07) is 12.1. The largest absolute Gasteiger partial charge is 0.339 e. The summed E-state index contributed by atoms with van der Waals surface area (Å²) < 4.78 is 18.5. The Morgan fingerprint density at radius 2 is 2.04 bits per heavy atom. The summed E-state index contributed by atoms with van der Waals surface area (Å²) >= 11 is 0. The second-order valence-corrected chi connectivity index (χ2v) is 6.36. The molecule has 0 saturated carbocycles. The Morgan fingerprint density at radius 3 is 2.84 bits per heavy atom. The van der Waals surface area contributed by atoms with Crippen LogP contribution in [-0.2, 0) is 6.54 Å². The molecule has 6 heteroatoms. The minimum atomic E-state index is -0.273. The second kappa shape index (κ2) is 7.11. The highest BCUT2D eigenvalue weighted by atomic mass is 19.1. The Hall–Kier alpha value is -2.60. The Labute approximate surface area is 145 Å². The van der Waals surface area contributed by atoms with E-state index in [9.17, 15) is 4.39 Å². The highest BCUT2D eigenvalue weighted by Crippen LogP contribution is 2.28. The highest BCUT2D eigenvalue weighted by Gasteiger charge is 2.26. The Morgan fingerprint density at radius 1 is 1.16 bits per heavy atom. The van der Waals surface area contributed by atoms with Gasteiger partial charge in [-0.3, -0.25) is 9.88 Å². The van der Waals surface area contributed by atoms with E-state index in [0.717, 1.165) is 43.7 Å². The number of nitrogens with zero attached hydrogens (tertiary/aromatic N) is 4. The lowest BCUT2D eigenvalue weighted by molar-refractivity contribution is 0.178. The number of piperidine rings is 1. The van der Waals surface area contributed by atoms with E-state index >= 15 is 0 Å². The van der Waals surface area contributed by atoms with E-state index in [2.05, 4.69) is 20.0 Å². The van der Waals surface area contributed by atoms with Crippen LogP contribution in [0.4, 0.5) is 4.39 Å². The molecule has 1 aliphatic rings. The van der Waals surface area contributed by atoms with Crippen LogP contribution in [0.15, 0.2) is 53.2 Å². The molecule has 5 nitrogen and oxygen atoms in total. The van der Waals surface area contributed by atoms with Crippen LogP contribution in [-0.4, -0.2) is 33.1 Å². The average Bonchev–Trinajstić information content (AvgIpc) is 3.14. The summed E-state index contributed by atoms with van der Waals surface area (Å²) in [5, 5.41) is 4.06. The van der Waals surface area contributed by atoms with Gasteiger partial charge in [0, 0.05) is 24.8 Å². The fourth-order valence-electron chi connectivity index (χ4n) is 3.24. The van der Waals surface area contributed by atoms with Crippen LogP contribution in [0.1, 0.15) is 30.3 Å². The van der Waals surface area contributed by atoms with Crippen LogP contribution >= 0.6 is 0 Å². The number of pyridine rings is 1. The van der Waals surface area contributed by atoms with Gasteiger partial charge < -0.3 is 4.52 Å². The molecule has 1 fully saturated rings. The van der Waals surface area contributed by atoms with Crippen LogP contribution in [0, 0.1) is 5.82 Å². The summed E-state index contributed by atoms with van der Waals surface area (Å²) in [7, 11) is 0. The van der Waals surface area contributed by atoms with E-state index in [1.807, 2.05) is 24.4 Å². The molecule has 1 atom stereocenters. The lowest BCUT2D eigenvalue weighted by atomic mass is 9.98. The van der Waals surface area contributed by atoms with Crippen molar-refractivity contribution >= 4 is 0 Å². The number of hydrogen-bond acceptors (Lipinski definition) is 5. The Bertz CT molecular complexity index is 819. The van der Waals surface area contributed by atoms with Crippen LogP contribution < -0.4 is 0 Å². The molecule has 25 heavy (non-hydrogen) atoms. The van der Waals surface area contributed by atoms with Gasteiger partial charge in [-0.2, -0.15) is 4.98 Å². The lowest BCUT2D eigenvalue weighted by Crippen LogP contribution is -2.34.